The van der Waals surface area contributed by atoms with Crippen molar-refractivity contribution in [3.05, 3.63) is 34.6 Å². The highest BCUT2D eigenvalue weighted by molar-refractivity contribution is 7.84. The maximum absolute atomic E-state index is 13.1. The fraction of sp³-hybridized carbons (Fsp3) is 0.455. The molecule has 5 heteroatoms. The summed E-state index contributed by atoms with van der Waals surface area (Å²) in [6.45, 7) is 3.63. The predicted molar refractivity (Wildman–Crippen MR) is 66.4 cm³/mol. The molecule has 0 amide bonds. The molecule has 0 aliphatic rings. The van der Waals surface area contributed by atoms with E-state index in [-0.39, 0.29) is 5.02 Å². The van der Waals surface area contributed by atoms with Crippen molar-refractivity contribution in [3.63, 3.8) is 0 Å². The fourth-order valence-corrected chi connectivity index (χ4v) is 2.88. The third-order valence-corrected chi connectivity index (χ3v) is 3.87. The van der Waals surface area contributed by atoms with Gasteiger partial charge in [0.25, 0.3) is 0 Å². The highest BCUT2D eigenvalue weighted by Gasteiger charge is 2.15. The van der Waals surface area contributed by atoms with Crippen LogP contribution in [0.1, 0.15) is 19.4 Å². The van der Waals surface area contributed by atoms with Crippen LogP contribution in [0, 0.1) is 5.82 Å². The van der Waals surface area contributed by atoms with Crippen LogP contribution < -0.4 is 5.73 Å². The van der Waals surface area contributed by atoms with Crippen molar-refractivity contribution < 1.29 is 8.60 Å². The standard InChI is InChI=1S/C11H15ClFNOS/c1-11(2,14)7-16(15)6-8-3-4-9(12)10(13)5-8/h3-5H,6-7,14H2,1-2H3. The number of hydrogen-bond donors (Lipinski definition) is 1. The van der Waals surface area contributed by atoms with Gasteiger partial charge >= 0.3 is 0 Å². The van der Waals surface area contributed by atoms with Gasteiger partial charge in [-0.05, 0) is 31.5 Å². The summed E-state index contributed by atoms with van der Waals surface area (Å²) in [4.78, 5) is 0. The second-order valence-corrected chi connectivity index (χ2v) is 6.33. The molecular weight excluding hydrogens is 249 g/mol. The van der Waals surface area contributed by atoms with Crippen molar-refractivity contribution >= 4 is 22.4 Å². The van der Waals surface area contributed by atoms with Crippen LogP contribution in [0.4, 0.5) is 4.39 Å². The zero-order valence-electron chi connectivity index (χ0n) is 9.30. The largest absolute Gasteiger partial charge is 0.325 e. The highest BCUT2D eigenvalue weighted by atomic mass is 35.5. The van der Waals surface area contributed by atoms with Crippen molar-refractivity contribution in [2.45, 2.75) is 25.1 Å². The van der Waals surface area contributed by atoms with Crippen LogP contribution in [0.3, 0.4) is 0 Å². The summed E-state index contributed by atoms with van der Waals surface area (Å²) in [7, 11) is -1.09. The number of hydrogen-bond acceptors (Lipinski definition) is 2. The lowest BCUT2D eigenvalue weighted by Gasteiger charge is -2.17. The van der Waals surface area contributed by atoms with E-state index in [4.69, 9.17) is 17.3 Å². The molecule has 90 valence electrons. The first-order valence-electron chi connectivity index (χ1n) is 4.86. The molecule has 0 radical (unpaired) electrons. The van der Waals surface area contributed by atoms with Gasteiger partial charge in [0.2, 0.25) is 0 Å². The minimum atomic E-state index is -1.09. The Kier molecular flexibility index (Phi) is 4.47. The third kappa shape index (κ3) is 4.60. The van der Waals surface area contributed by atoms with Crippen LogP contribution in [-0.2, 0) is 16.6 Å². The van der Waals surface area contributed by atoms with Gasteiger partial charge in [-0.15, -0.1) is 0 Å². The van der Waals surface area contributed by atoms with Crippen molar-refractivity contribution in [2.75, 3.05) is 5.75 Å². The van der Waals surface area contributed by atoms with E-state index in [9.17, 15) is 8.60 Å². The lowest BCUT2D eigenvalue weighted by molar-refractivity contribution is 0.577. The molecule has 0 saturated carbocycles. The van der Waals surface area contributed by atoms with E-state index in [0.717, 1.165) is 0 Å². The van der Waals surface area contributed by atoms with Crippen LogP contribution in [0.5, 0.6) is 0 Å². The van der Waals surface area contributed by atoms with E-state index in [1.165, 1.54) is 12.1 Å². The van der Waals surface area contributed by atoms with Crippen LogP contribution in [0.15, 0.2) is 18.2 Å². The predicted octanol–water partition coefficient (Wildman–Crippen LogP) is 2.47. The average molecular weight is 264 g/mol. The Morgan fingerprint density at radius 1 is 1.50 bits per heavy atom. The first-order chi connectivity index (χ1) is 7.28. The zero-order chi connectivity index (χ0) is 12.3. The van der Waals surface area contributed by atoms with Crippen molar-refractivity contribution in [1.82, 2.24) is 0 Å². The Morgan fingerprint density at radius 2 is 2.12 bits per heavy atom. The van der Waals surface area contributed by atoms with E-state index in [1.54, 1.807) is 6.07 Å². The lowest BCUT2D eigenvalue weighted by atomic mass is 10.1. The van der Waals surface area contributed by atoms with E-state index in [0.29, 0.717) is 17.1 Å². The van der Waals surface area contributed by atoms with E-state index in [2.05, 4.69) is 0 Å². The summed E-state index contributed by atoms with van der Waals surface area (Å²) in [5, 5.41) is 0.0775. The van der Waals surface area contributed by atoms with Gasteiger partial charge in [-0.25, -0.2) is 4.39 Å². The highest BCUT2D eigenvalue weighted by Crippen LogP contribution is 2.17. The Hall–Kier alpha value is -0.450. The molecular formula is C11H15ClFNOS. The molecule has 0 heterocycles. The van der Waals surface area contributed by atoms with Crippen LogP contribution in [0.25, 0.3) is 0 Å². The van der Waals surface area contributed by atoms with Gasteiger partial charge in [-0.2, -0.15) is 0 Å². The molecule has 1 atom stereocenters. The minimum absolute atomic E-state index is 0.0775. The topological polar surface area (TPSA) is 43.1 Å². The monoisotopic (exact) mass is 263 g/mol. The number of rotatable bonds is 4. The van der Waals surface area contributed by atoms with Crippen LogP contribution >= 0.6 is 11.6 Å². The Balaban J connectivity index is 2.67. The lowest BCUT2D eigenvalue weighted by Crippen LogP contribution is -2.38. The van der Waals surface area contributed by atoms with E-state index in [1.807, 2.05) is 13.8 Å². The van der Waals surface area contributed by atoms with Gasteiger partial charge in [0.1, 0.15) is 5.82 Å². The summed E-state index contributed by atoms with van der Waals surface area (Å²) < 4.78 is 24.8. The Labute approximate surface area is 102 Å². The first kappa shape index (κ1) is 13.6. The molecule has 0 fully saturated rings. The smallest absolute Gasteiger partial charge is 0.142 e. The van der Waals surface area contributed by atoms with Crippen LogP contribution in [-0.4, -0.2) is 15.5 Å². The molecule has 0 aliphatic heterocycles. The van der Waals surface area contributed by atoms with Crippen LogP contribution in [0.2, 0.25) is 5.02 Å². The molecule has 1 unspecified atom stereocenters. The quantitative estimate of drug-likeness (QED) is 0.907. The van der Waals surface area contributed by atoms with Gasteiger partial charge in [-0.3, -0.25) is 4.21 Å². The number of nitrogens with two attached hydrogens (primary N) is 1. The molecule has 1 aromatic rings. The van der Waals surface area contributed by atoms with Gasteiger partial charge < -0.3 is 5.73 Å². The van der Waals surface area contributed by atoms with Gasteiger partial charge in [0.05, 0.1) is 5.02 Å². The normalized spacial score (nSPS) is 13.8. The van der Waals surface area contributed by atoms with Gasteiger partial charge in [-0.1, -0.05) is 17.7 Å². The molecule has 1 aromatic carbocycles. The molecule has 2 nitrogen and oxygen atoms in total. The molecule has 2 N–H and O–H groups in total. The summed E-state index contributed by atoms with van der Waals surface area (Å²) in [5.74, 6) is 0.203. The molecule has 16 heavy (non-hydrogen) atoms. The Bertz CT molecular complexity index is 403. The summed E-state index contributed by atoms with van der Waals surface area (Å²) in [6, 6.07) is 4.45. The Morgan fingerprint density at radius 3 is 2.62 bits per heavy atom. The summed E-state index contributed by atoms with van der Waals surface area (Å²) in [6.07, 6.45) is 0. The zero-order valence-corrected chi connectivity index (χ0v) is 10.9. The summed E-state index contributed by atoms with van der Waals surface area (Å²) >= 11 is 5.55. The summed E-state index contributed by atoms with van der Waals surface area (Å²) in [5.41, 5.74) is 5.95. The molecule has 0 saturated heterocycles. The molecule has 0 bridgehead atoms. The minimum Gasteiger partial charge on any atom is -0.325 e. The van der Waals surface area contributed by atoms with Gasteiger partial charge in [0.15, 0.2) is 0 Å². The van der Waals surface area contributed by atoms with Crippen molar-refractivity contribution in [2.24, 2.45) is 5.73 Å². The molecule has 1 rings (SSSR count). The molecule has 0 aliphatic carbocycles. The second kappa shape index (κ2) is 5.25. The van der Waals surface area contributed by atoms with Gasteiger partial charge in [0, 0.05) is 27.8 Å². The molecule has 0 spiro atoms. The maximum Gasteiger partial charge on any atom is 0.142 e. The second-order valence-electron chi connectivity index (χ2n) is 4.47. The third-order valence-electron chi connectivity index (χ3n) is 1.84. The van der Waals surface area contributed by atoms with E-state index >= 15 is 0 Å². The number of halogens is 2. The SMILES string of the molecule is CC(C)(N)CS(=O)Cc1ccc(Cl)c(F)c1. The first-order valence-corrected chi connectivity index (χ1v) is 6.72. The number of benzene rings is 1. The fourth-order valence-electron chi connectivity index (χ4n) is 1.28. The van der Waals surface area contributed by atoms with Crippen molar-refractivity contribution in [3.8, 4) is 0 Å². The van der Waals surface area contributed by atoms with E-state index < -0.39 is 22.2 Å². The average Bonchev–Trinajstić information content (AvgIpc) is 2.08. The molecule has 0 aromatic heterocycles. The maximum atomic E-state index is 13.1. The van der Waals surface area contributed by atoms with Crippen molar-refractivity contribution in [1.29, 1.82) is 0 Å².